The Morgan fingerprint density at radius 3 is 2.50 bits per heavy atom. The molecule has 2 amide bonds. The molecule has 6 heteroatoms. The van der Waals surface area contributed by atoms with E-state index in [4.69, 9.17) is 17.0 Å². The molecule has 0 aliphatic carbocycles. The molecule has 30 heavy (non-hydrogen) atoms. The van der Waals surface area contributed by atoms with Crippen molar-refractivity contribution >= 4 is 51.7 Å². The number of anilines is 1. The Kier molecular flexibility index (Phi) is 5.33. The number of ether oxygens (including phenoxy) is 1. The molecular weight excluding hydrogens is 396 g/mol. The lowest BCUT2D eigenvalue weighted by molar-refractivity contribution is -0.122. The number of carbonyl (C=O) groups excluding carboxylic acids is 2. The average molecular weight is 417 g/mol. The third-order valence-corrected chi connectivity index (χ3v) is 5.20. The number of nitrogens with one attached hydrogen (secondary N) is 1. The van der Waals surface area contributed by atoms with Crippen LogP contribution in [0, 0.1) is 6.92 Å². The second-order valence-electron chi connectivity index (χ2n) is 6.92. The highest BCUT2D eigenvalue weighted by Gasteiger charge is 2.34. The summed E-state index contributed by atoms with van der Waals surface area (Å²) >= 11 is 5.28. The van der Waals surface area contributed by atoms with Crippen molar-refractivity contribution in [3.05, 3.63) is 77.4 Å². The monoisotopic (exact) mass is 416 g/mol. The Balaban J connectivity index is 1.85. The zero-order valence-electron chi connectivity index (χ0n) is 16.6. The Morgan fingerprint density at radius 2 is 1.77 bits per heavy atom. The number of hydrogen-bond donors (Lipinski definition) is 1. The second kappa shape index (κ2) is 8.08. The third kappa shape index (κ3) is 3.57. The minimum Gasteiger partial charge on any atom is -0.493 e. The van der Waals surface area contributed by atoms with E-state index >= 15 is 0 Å². The normalized spacial score (nSPS) is 15.6. The van der Waals surface area contributed by atoms with Crippen LogP contribution in [0.1, 0.15) is 18.1 Å². The number of hydrogen-bond acceptors (Lipinski definition) is 4. The molecule has 150 valence electrons. The van der Waals surface area contributed by atoms with E-state index in [-0.39, 0.29) is 10.7 Å². The lowest BCUT2D eigenvalue weighted by Gasteiger charge is -2.29. The third-order valence-electron chi connectivity index (χ3n) is 4.91. The molecule has 0 saturated carbocycles. The SMILES string of the molecule is CCOc1ccc2ccccc2c1/C=C1/C(=O)NC(=S)N(c2ccc(C)cc2)C1=O. The van der Waals surface area contributed by atoms with Crippen molar-refractivity contribution in [2.45, 2.75) is 13.8 Å². The highest BCUT2D eigenvalue weighted by Crippen LogP contribution is 2.32. The lowest BCUT2D eigenvalue weighted by Crippen LogP contribution is -2.54. The van der Waals surface area contributed by atoms with Crippen molar-refractivity contribution in [3.63, 3.8) is 0 Å². The number of amides is 2. The maximum Gasteiger partial charge on any atom is 0.270 e. The quantitative estimate of drug-likeness (QED) is 0.390. The van der Waals surface area contributed by atoms with Gasteiger partial charge in [0.2, 0.25) is 0 Å². The first-order valence-electron chi connectivity index (χ1n) is 9.62. The van der Waals surface area contributed by atoms with E-state index in [1.165, 1.54) is 4.90 Å². The number of carbonyl (C=O) groups is 2. The van der Waals surface area contributed by atoms with E-state index in [1.54, 1.807) is 18.2 Å². The van der Waals surface area contributed by atoms with Crippen LogP contribution in [0.4, 0.5) is 5.69 Å². The first-order chi connectivity index (χ1) is 14.5. The van der Waals surface area contributed by atoms with E-state index < -0.39 is 11.8 Å². The van der Waals surface area contributed by atoms with Gasteiger partial charge in [0.25, 0.3) is 11.8 Å². The first-order valence-corrected chi connectivity index (χ1v) is 10.0. The van der Waals surface area contributed by atoms with Gasteiger partial charge in [-0.15, -0.1) is 0 Å². The number of fused-ring (bicyclic) bond motifs is 1. The molecule has 4 rings (SSSR count). The fourth-order valence-corrected chi connectivity index (χ4v) is 3.72. The van der Waals surface area contributed by atoms with Crippen molar-refractivity contribution in [1.29, 1.82) is 0 Å². The maximum absolute atomic E-state index is 13.3. The molecule has 0 unspecified atom stereocenters. The molecule has 1 N–H and O–H groups in total. The van der Waals surface area contributed by atoms with E-state index in [9.17, 15) is 9.59 Å². The van der Waals surface area contributed by atoms with Gasteiger partial charge in [0.15, 0.2) is 5.11 Å². The molecule has 1 fully saturated rings. The molecule has 0 radical (unpaired) electrons. The topological polar surface area (TPSA) is 58.6 Å². The molecule has 1 heterocycles. The number of rotatable bonds is 4. The minimum absolute atomic E-state index is 0.00137. The summed E-state index contributed by atoms with van der Waals surface area (Å²) in [5, 5.41) is 4.58. The molecule has 0 spiro atoms. The summed E-state index contributed by atoms with van der Waals surface area (Å²) in [6, 6.07) is 19.0. The molecule has 0 atom stereocenters. The van der Waals surface area contributed by atoms with Crippen molar-refractivity contribution in [1.82, 2.24) is 5.32 Å². The van der Waals surface area contributed by atoms with Crippen LogP contribution < -0.4 is 15.0 Å². The van der Waals surface area contributed by atoms with Crippen molar-refractivity contribution in [3.8, 4) is 5.75 Å². The standard InChI is InChI=1S/C24H20N2O3S/c1-3-29-21-13-10-16-6-4-5-7-18(16)19(21)14-20-22(27)25-24(30)26(23(20)28)17-11-8-15(2)9-12-17/h4-14H,3H2,1-2H3,(H,25,27,30)/b20-14-. The van der Waals surface area contributed by atoms with Gasteiger partial charge in [0.1, 0.15) is 11.3 Å². The zero-order chi connectivity index (χ0) is 21.3. The van der Waals surface area contributed by atoms with E-state index in [0.29, 0.717) is 23.6 Å². The molecule has 1 aliphatic rings. The number of benzene rings is 3. The highest BCUT2D eigenvalue weighted by atomic mass is 32.1. The van der Waals surface area contributed by atoms with Gasteiger partial charge in [-0.2, -0.15) is 0 Å². The van der Waals surface area contributed by atoms with Crippen molar-refractivity contribution < 1.29 is 14.3 Å². The molecule has 1 saturated heterocycles. The minimum atomic E-state index is -0.524. The van der Waals surface area contributed by atoms with E-state index in [2.05, 4.69) is 5.32 Å². The molecule has 1 aliphatic heterocycles. The molecular formula is C24H20N2O3S. The van der Waals surface area contributed by atoms with Crippen LogP contribution in [0.5, 0.6) is 5.75 Å². The van der Waals surface area contributed by atoms with Gasteiger partial charge < -0.3 is 4.74 Å². The zero-order valence-corrected chi connectivity index (χ0v) is 17.5. The van der Waals surface area contributed by atoms with Crippen molar-refractivity contribution in [2.75, 3.05) is 11.5 Å². The van der Waals surface area contributed by atoms with Gasteiger partial charge in [-0.1, -0.05) is 48.0 Å². The molecule has 3 aromatic carbocycles. The van der Waals surface area contributed by atoms with E-state index in [1.807, 2.05) is 62.4 Å². The summed E-state index contributed by atoms with van der Waals surface area (Å²) in [6.45, 7) is 4.32. The number of thiocarbonyl (C=S) groups is 1. The Morgan fingerprint density at radius 1 is 1.03 bits per heavy atom. The maximum atomic E-state index is 13.3. The van der Waals surface area contributed by atoms with Gasteiger partial charge in [-0.25, -0.2) is 0 Å². The highest BCUT2D eigenvalue weighted by molar-refractivity contribution is 7.80. The largest absolute Gasteiger partial charge is 0.493 e. The molecule has 0 aromatic heterocycles. The Hall–Kier alpha value is -3.51. The smallest absolute Gasteiger partial charge is 0.270 e. The first kappa shape index (κ1) is 19.8. The van der Waals surface area contributed by atoms with Gasteiger partial charge in [-0.05, 0) is 61.1 Å². The van der Waals surface area contributed by atoms with Crippen LogP contribution in [0.3, 0.4) is 0 Å². The number of nitrogens with zero attached hydrogens (tertiary/aromatic N) is 1. The Bertz CT molecular complexity index is 1200. The van der Waals surface area contributed by atoms with Gasteiger partial charge in [0, 0.05) is 5.56 Å². The summed E-state index contributed by atoms with van der Waals surface area (Å²) in [7, 11) is 0. The van der Waals surface area contributed by atoms with Crippen LogP contribution in [0.15, 0.2) is 66.2 Å². The van der Waals surface area contributed by atoms with Crippen LogP contribution in [0.2, 0.25) is 0 Å². The molecule has 3 aromatic rings. The van der Waals surface area contributed by atoms with E-state index in [0.717, 1.165) is 16.3 Å². The van der Waals surface area contributed by atoms with Gasteiger partial charge in [-0.3, -0.25) is 19.8 Å². The second-order valence-corrected chi connectivity index (χ2v) is 7.31. The fraction of sp³-hybridized carbons (Fsp3) is 0.125. The van der Waals surface area contributed by atoms with Gasteiger partial charge in [0.05, 0.1) is 12.3 Å². The van der Waals surface area contributed by atoms with Crippen LogP contribution in [-0.2, 0) is 9.59 Å². The average Bonchev–Trinajstić information content (AvgIpc) is 2.73. The van der Waals surface area contributed by atoms with Crippen LogP contribution in [0.25, 0.3) is 16.8 Å². The lowest BCUT2D eigenvalue weighted by atomic mass is 9.99. The molecule has 0 bridgehead atoms. The van der Waals surface area contributed by atoms with Crippen LogP contribution >= 0.6 is 12.2 Å². The summed E-state index contributed by atoms with van der Waals surface area (Å²) in [4.78, 5) is 27.4. The summed E-state index contributed by atoms with van der Waals surface area (Å²) < 4.78 is 5.78. The Labute approximate surface area is 179 Å². The van der Waals surface area contributed by atoms with Gasteiger partial charge >= 0.3 is 0 Å². The van der Waals surface area contributed by atoms with Crippen molar-refractivity contribution in [2.24, 2.45) is 0 Å². The van der Waals surface area contributed by atoms with Crippen LogP contribution in [-0.4, -0.2) is 23.5 Å². The summed E-state index contributed by atoms with van der Waals surface area (Å²) in [6.07, 6.45) is 1.59. The molecule has 5 nitrogen and oxygen atoms in total. The summed E-state index contributed by atoms with van der Waals surface area (Å²) in [5.74, 6) is -0.383. The summed E-state index contributed by atoms with van der Waals surface area (Å²) in [5.41, 5.74) is 2.35. The number of aryl methyl sites for hydroxylation is 1. The predicted octanol–water partition coefficient (Wildman–Crippen LogP) is 4.38. The fourth-order valence-electron chi connectivity index (χ4n) is 3.44. The predicted molar refractivity (Wildman–Crippen MR) is 122 cm³/mol.